The fourth-order valence-electron chi connectivity index (χ4n) is 2.82. The Kier molecular flexibility index (Phi) is 5.74. The number of aryl methyl sites for hydroxylation is 3. The number of halogens is 2. The molecule has 1 aromatic carbocycles. The van der Waals surface area contributed by atoms with Gasteiger partial charge in [-0.2, -0.15) is 10.2 Å². The van der Waals surface area contributed by atoms with Gasteiger partial charge in [-0.25, -0.2) is 4.39 Å². The van der Waals surface area contributed by atoms with Crippen molar-refractivity contribution in [1.82, 2.24) is 19.6 Å². The van der Waals surface area contributed by atoms with E-state index in [1.807, 2.05) is 20.8 Å². The monoisotopic (exact) mass is 433 g/mol. The Balaban J connectivity index is 1.61. The molecule has 0 saturated carbocycles. The molecular weight excluding hydrogens is 413 g/mol. The molecule has 0 aliphatic rings. The summed E-state index contributed by atoms with van der Waals surface area (Å²) in [5.41, 5.74) is 3.29. The Labute approximate surface area is 165 Å². The lowest BCUT2D eigenvalue weighted by atomic mass is 10.2. The fraction of sp³-hybridized carbons (Fsp3) is 0.316. The van der Waals surface area contributed by atoms with E-state index in [-0.39, 0.29) is 18.1 Å². The zero-order valence-electron chi connectivity index (χ0n) is 15.5. The van der Waals surface area contributed by atoms with Gasteiger partial charge in [-0.1, -0.05) is 18.2 Å². The second-order valence-electron chi connectivity index (χ2n) is 6.43. The molecule has 0 bridgehead atoms. The highest BCUT2D eigenvalue weighted by molar-refractivity contribution is 9.10. The maximum absolute atomic E-state index is 13.8. The Morgan fingerprint density at radius 3 is 2.59 bits per heavy atom. The number of nitrogens with zero attached hydrogens (tertiary/aromatic N) is 4. The summed E-state index contributed by atoms with van der Waals surface area (Å²) in [6.07, 6.45) is 0.285. The molecule has 2 heterocycles. The van der Waals surface area contributed by atoms with Gasteiger partial charge in [0.25, 0.3) is 0 Å². The summed E-state index contributed by atoms with van der Waals surface area (Å²) in [5, 5.41) is 11.6. The van der Waals surface area contributed by atoms with Crippen molar-refractivity contribution in [2.24, 2.45) is 0 Å². The van der Waals surface area contributed by atoms with E-state index in [4.69, 9.17) is 0 Å². The molecule has 2 aromatic heterocycles. The van der Waals surface area contributed by atoms with Crippen molar-refractivity contribution in [3.63, 3.8) is 0 Å². The van der Waals surface area contributed by atoms with Gasteiger partial charge >= 0.3 is 0 Å². The second-order valence-corrected chi connectivity index (χ2v) is 7.22. The van der Waals surface area contributed by atoms with Gasteiger partial charge in [0.05, 0.1) is 23.3 Å². The number of benzene rings is 1. The van der Waals surface area contributed by atoms with Crippen LogP contribution in [0.15, 0.2) is 34.8 Å². The molecule has 3 aromatic rings. The van der Waals surface area contributed by atoms with Crippen molar-refractivity contribution in [3.8, 4) is 0 Å². The van der Waals surface area contributed by atoms with Gasteiger partial charge in [0.15, 0.2) is 5.82 Å². The maximum atomic E-state index is 13.8. The van der Waals surface area contributed by atoms with Crippen LogP contribution in [0.5, 0.6) is 0 Å². The van der Waals surface area contributed by atoms with E-state index in [9.17, 15) is 9.18 Å². The average molecular weight is 434 g/mol. The summed E-state index contributed by atoms with van der Waals surface area (Å²) >= 11 is 3.48. The third kappa shape index (κ3) is 4.44. The van der Waals surface area contributed by atoms with Crippen LogP contribution in [-0.4, -0.2) is 25.5 Å². The van der Waals surface area contributed by atoms with Gasteiger partial charge in [0.2, 0.25) is 5.91 Å². The minimum atomic E-state index is -0.269. The molecule has 27 heavy (non-hydrogen) atoms. The van der Waals surface area contributed by atoms with Gasteiger partial charge in [-0.3, -0.25) is 14.2 Å². The zero-order valence-corrected chi connectivity index (χ0v) is 17.0. The third-order valence-corrected chi connectivity index (χ3v) is 5.52. The zero-order chi connectivity index (χ0) is 19.6. The number of rotatable bonds is 6. The number of amides is 1. The molecule has 0 aliphatic carbocycles. The molecule has 8 heteroatoms. The lowest BCUT2D eigenvalue weighted by molar-refractivity contribution is -0.116. The van der Waals surface area contributed by atoms with E-state index in [0.717, 1.165) is 21.6 Å². The number of anilines is 1. The van der Waals surface area contributed by atoms with Crippen LogP contribution in [0.1, 0.15) is 29.1 Å². The molecule has 0 fully saturated rings. The van der Waals surface area contributed by atoms with Crippen LogP contribution in [0.4, 0.5) is 10.2 Å². The van der Waals surface area contributed by atoms with Gasteiger partial charge in [-0.15, -0.1) is 0 Å². The summed E-state index contributed by atoms with van der Waals surface area (Å²) in [7, 11) is 0. The first-order chi connectivity index (χ1) is 12.8. The van der Waals surface area contributed by atoms with Crippen LogP contribution in [0.3, 0.4) is 0 Å². The Morgan fingerprint density at radius 1 is 1.19 bits per heavy atom. The predicted octanol–water partition coefficient (Wildman–Crippen LogP) is 3.98. The minimum Gasteiger partial charge on any atom is -0.309 e. The van der Waals surface area contributed by atoms with Crippen molar-refractivity contribution in [2.45, 2.75) is 40.3 Å². The highest BCUT2D eigenvalue weighted by Gasteiger charge is 2.12. The first kappa shape index (κ1) is 19.3. The lowest BCUT2D eigenvalue weighted by Crippen LogP contribution is -2.16. The standard InChI is InChI=1S/C19H21BrFN5O/c1-12-10-17(24-26(12)11-15-6-4-5-7-16(15)21)22-18(27)8-9-25-14(3)19(20)13(2)23-25/h4-7,10H,8-9,11H2,1-3H3,(H,22,24,27). The number of aromatic nitrogens is 4. The number of carbonyl (C=O) groups excluding carboxylic acids is 1. The number of hydrogen-bond acceptors (Lipinski definition) is 3. The van der Waals surface area contributed by atoms with Gasteiger partial charge in [-0.05, 0) is 42.8 Å². The van der Waals surface area contributed by atoms with Crippen molar-refractivity contribution in [1.29, 1.82) is 0 Å². The molecule has 0 atom stereocenters. The van der Waals surface area contributed by atoms with E-state index >= 15 is 0 Å². The molecule has 6 nitrogen and oxygen atoms in total. The van der Waals surface area contributed by atoms with E-state index < -0.39 is 0 Å². The molecular formula is C19H21BrFN5O. The van der Waals surface area contributed by atoms with E-state index in [1.54, 1.807) is 33.6 Å². The van der Waals surface area contributed by atoms with Gasteiger partial charge < -0.3 is 5.32 Å². The maximum Gasteiger partial charge on any atom is 0.227 e. The van der Waals surface area contributed by atoms with Crippen LogP contribution in [-0.2, 0) is 17.9 Å². The number of hydrogen-bond donors (Lipinski definition) is 1. The van der Waals surface area contributed by atoms with Crippen LogP contribution < -0.4 is 5.32 Å². The first-order valence-electron chi connectivity index (χ1n) is 8.62. The highest BCUT2D eigenvalue weighted by Crippen LogP contribution is 2.20. The first-order valence-corrected chi connectivity index (χ1v) is 9.41. The second kappa shape index (κ2) is 8.04. The minimum absolute atomic E-state index is 0.144. The van der Waals surface area contributed by atoms with E-state index in [1.165, 1.54) is 6.07 Å². The molecule has 0 spiro atoms. The van der Waals surface area contributed by atoms with Crippen LogP contribution >= 0.6 is 15.9 Å². The van der Waals surface area contributed by atoms with Crippen molar-refractivity contribution >= 4 is 27.7 Å². The molecule has 3 rings (SSSR count). The summed E-state index contributed by atoms with van der Waals surface area (Å²) in [5.74, 6) is 0.0478. The topological polar surface area (TPSA) is 64.7 Å². The third-order valence-electron chi connectivity index (χ3n) is 4.37. The SMILES string of the molecule is Cc1nn(CCC(=O)Nc2cc(C)n(Cc3ccccc3F)n2)c(C)c1Br. The van der Waals surface area contributed by atoms with Crippen molar-refractivity contribution in [3.05, 3.63) is 63.3 Å². The molecule has 0 unspecified atom stereocenters. The molecule has 0 aliphatic heterocycles. The summed E-state index contributed by atoms with van der Waals surface area (Å²) in [6, 6.07) is 8.37. The van der Waals surface area contributed by atoms with Gasteiger partial charge in [0, 0.05) is 29.4 Å². The van der Waals surface area contributed by atoms with E-state index in [2.05, 4.69) is 31.4 Å². The largest absolute Gasteiger partial charge is 0.309 e. The Morgan fingerprint density at radius 2 is 1.93 bits per heavy atom. The molecule has 0 saturated heterocycles. The number of carbonyl (C=O) groups is 1. The van der Waals surface area contributed by atoms with Crippen LogP contribution in [0.25, 0.3) is 0 Å². The van der Waals surface area contributed by atoms with Crippen molar-refractivity contribution < 1.29 is 9.18 Å². The van der Waals surface area contributed by atoms with Crippen LogP contribution in [0, 0.1) is 26.6 Å². The average Bonchev–Trinajstić information content (AvgIpc) is 3.09. The Hall–Kier alpha value is -2.48. The van der Waals surface area contributed by atoms with Gasteiger partial charge in [0.1, 0.15) is 5.82 Å². The fourth-order valence-corrected chi connectivity index (χ4v) is 3.11. The number of nitrogens with one attached hydrogen (secondary N) is 1. The summed E-state index contributed by atoms with van der Waals surface area (Å²) in [6.45, 7) is 6.54. The molecule has 0 radical (unpaired) electrons. The van der Waals surface area contributed by atoms with E-state index in [0.29, 0.717) is 24.5 Å². The lowest BCUT2D eigenvalue weighted by Gasteiger charge is -2.06. The smallest absolute Gasteiger partial charge is 0.227 e. The highest BCUT2D eigenvalue weighted by atomic mass is 79.9. The Bertz CT molecular complexity index is 979. The normalized spacial score (nSPS) is 11.0. The molecule has 1 N–H and O–H groups in total. The molecule has 142 valence electrons. The molecule has 1 amide bonds. The quantitative estimate of drug-likeness (QED) is 0.639. The van der Waals surface area contributed by atoms with Crippen molar-refractivity contribution in [2.75, 3.05) is 5.32 Å². The summed E-state index contributed by atoms with van der Waals surface area (Å²) < 4.78 is 18.3. The van der Waals surface area contributed by atoms with Crippen LogP contribution in [0.2, 0.25) is 0 Å². The summed E-state index contributed by atoms with van der Waals surface area (Å²) in [4.78, 5) is 12.2. The predicted molar refractivity (Wildman–Crippen MR) is 105 cm³/mol.